The molecule has 198 valence electrons. The van der Waals surface area contributed by atoms with Crippen LogP contribution < -0.4 is 5.56 Å². The average molecular weight is 650 g/mol. The summed E-state index contributed by atoms with van der Waals surface area (Å²) >= 11 is 7.10. The third kappa shape index (κ3) is 5.36. The number of hydrogen-bond acceptors (Lipinski definition) is 5. The first-order valence-corrected chi connectivity index (χ1v) is 14.4. The monoisotopic (exact) mass is 648 g/mol. The second-order valence-corrected chi connectivity index (χ2v) is 11.5. The molecule has 1 amide bonds. The zero-order valence-corrected chi connectivity index (χ0v) is 24.2. The first-order valence-electron chi connectivity index (χ1n) is 12.8. The predicted molar refractivity (Wildman–Crippen MR) is 160 cm³/mol. The number of amides is 1. The molecule has 9 heteroatoms. The van der Waals surface area contributed by atoms with Crippen molar-refractivity contribution in [2.45, 2.75) is 12.5 Å². The van der Waals surface area contributed by atoms with E-state index in [0.717, 1.165) is 36.5 Å². The Morgan fingerprint density at radius 3 is 2.41 bits per heavy atom. The van der Waals surface area contributed by atoms with Crippen LogP contribution in [-0.2, 0) is 9.53 Å². The maximum Gasteiger partial charge on any atom is 0.258 e. The van der Waals surface area contributed by atoms with Crippen LogP contribution in [0.4, 0.5) is 0 Å². The van der Waals surface area contributed by atoms with Crippen molar-refractivity contribution in [3.63, 3.8) is 0 Å². The summed E-state index contributed by atoms with van der Waals surface area (Å²) in [6.07, 6.45) is 0.429. The predicted octanol–water partition coefficient (Wildman–Crippen LogP) is 5.73. The van der Waals surface area contributed by atoms with Crippen LogP contribution in [0, 0.1) is 0 Å². The highest BCUT2D eigenvalue weighted by atomic mass is 79.9. The van der Waals surface area contributed by atoms with Crippen molar-refractivity contribution in [1.82, 2.24) is 14.9 Å². The molecule has 0 aliphatic carbocycles. The van der Waals surface area contributed by atoms with Gasteiger partial charge in [-0.3, -0.25) is 14.5 Å². The standard InChI is InChI=1S/C30H26Br2N4O3/c31-21-8-6-19(7-9-21)26-17-25(34-36(26)27(37)18-35-12-14-39-15-13-35)29-28(20-4-2-1-3-5-20)23-16-22(32)10-11-24(23)33-30(29)38/h1-11,16,26H,12-15,17-18H2,(H,33,38)/t26-/m1/s1. The van der Waals surface area contributed by atoms with Gasteiger partial charge in [0.25, 0.3) is 11.5 Å². The lowest BCUT2D eigenvalue weighted by atomic mass is 9.91. The number of nitrogens with one attached hydrogen (secondary N) is 1. The molecule has 1 fully saturated rings. The van der Waals surface area contributed by atoms with Gasteiger partial charge in [0, 0.05) is 44.9 Å². The van der Waals surface area contributed by atoms with Gasteiger partial charge in [0.05, 0.1) is 37.1 Å². The Kier molecular flexibility index (Phi) is 7.49. The third-order valence-electron chi connectivity index (χ3n) is 7.21. The summed E-state index contributed by atoms with van der Waals surface area (Å²) in [5, 5.41) is 7.36. The number of rotatable bonds is 5. The number of carbonyl (C=O) groups is 1. The number of benzene rings is 3. The normalized spacial score (nSPS) is 17.9. The number of H-pyrrole nitrogens is 1. The summed E-state index contributed by atoms with van der Waals surface area (Å²) in [7, 11) is 0. The summed E-state index contributed by atoms with van der Waals surface area (Å²) in [5.74, 6) is -0.0963. The maximum absolute atomic E-state index is 13.7. The number of carbonyl (C=O) groups excluding carboxylic acids is 1. The number of hydrogen-bond donors (Lipinski definition) is 1. The molecule has 39 heavy (non-hydrogen) atoms. The minimum Gasteiger partial charge on any atom is -0.379 e. The topological polar surface area (TPSA) is 78.0 Å². The number of aromatic nitrogens is 1. The van der Waals surface area contributed by atoms with Crippen molar-refractivity contribution in [2.24, 2.45) is 5.10 Å². The van der Waals surface area contributed by atoms with Gasteiger partial charge in [-0.1, -0.05) is 74.3 Å². The van der Waals surface area contributed by atoms with Gasteiger partial charge in [-0.25, -0.2) is 5.01 Å². The van der Waals surface area contributed by atoms with Gasteiger partial charge in [-0.2, -0.15) is 5.10 Å². The molecule has 0 unspecified atom stereocenters. The highest BCUT2D eigenvalue weighted by molar-refractivity contribution is 9.10. The number of nitrogens with zero attached hydrogens (tertiary/aromatic N) is 3. The zero-order valence-electron chi connectivity index (χ0n) is 21.1. The Balaban J connectivity index is 1.49. The fraction of sp³-hybridized carbons (Fsp3) is 0.233. The van der Waals surface area contributed by atoms with Crippen molar-refractivity contribution >= 4 is 54.4 Å². The number of aromatic amines is 1. The van der Waals surface area contributed by atoms with Crippen LogP contribution in [0.2, 0.25) is 0 Å². The van der Waals surface area contributed by atoms with Gasteiger partial charge in [0.2, 0.25) is 0 Å². The minimum atomic E-state index is -0.317. The van der Waals surface area contributed by atoms with Crippen molar-refractivity contribution in [1.29, 1.82) is 0 Å². The van der Waals surface area contributed by atoms with E-state index in [4.69, 9.17) is 9.84 Å². The molecule has 0 saturated carbocycles. The molecule has 6 rings (SSSR count). The van der Waals surface area contributed by atoms with Gasteiger partial charge >= 0.3 is 0 Å². The number of pyridine rings is 1. The lowest BCUT2D eigenvalue weighted by Gasteiger charge is -2.29. The molecule has 0 spiro atoms. The van der Waals surface area contributed by atoms with E-state index in [2.05, 4.69) is 41.7 Å². The molecule has 2 aliphatic rings. The van der Waals surface area contributed by atoms with E-state index in [-0.39, 0.29) is 24.1 Å². The van der Waals surface area contributed by atoms with Crippen molar-refractivity contribution in [3.05, 3.63) is 103 Å². The minimum absolute atomic E-state index is 0.0963. The molecule has 1 N–H and O–H groups in total. The fourth-order valence-electron chi connectivity index (χ4n) is 5.30. The molecular formula is C30H26Br2N4O3. The van der Waals surface area contributed by atoms with Crippen LogP contribution in [0.25, 0.3) is 22.0 Å². The van der Waals surface area contributed by atoms with Crippen LogP contribution in [0.15, 0.2) is 91.6 Å². The first-order chi connectivity index (χ1) is 19.0. The second kappa shape index (κ2) is 11.2. The molecule has 3 heterocycles. The van der Waals surface area contributed by atoms with Gasteiger partial charge in [-0.15, -0.1) is 0 Å². The number of hydrazone groups is 1. The van der Waals surface area contributed by atoms with E-state index in [9.17, 15) is 9.59 Å². The Morgan fingerprint density at radius 1 is 0.949 bits per heavy atom. The highest BCUT2D eigenvalue weighted by Gasteiger charge is 2.36. The van der Waals surface area contributed by atoms with Crippen LogP contribution in [0.1, 0.15) is 23.6 Å². The van der Waals surface area contributed by atoms with E-state index >= 15 is 0 Å². The van der Waals surface area contributed by atoms with Crippen molar-refractivity contribution < 1.29 is 9.53 Å². The summed E-state index contributed by atoms with van der Waals surface area (Å²) < 4.78 is 7.32. The van der Waals surface area contributed by atoms with Crippen LogP contribution >= 0.6 is 31.9 Å². The fourth-order valence-corrected chi connectivity index (χ4v) is 5.93. The molecule has 2 aliphatic heterocycles. The molecule has 1 saturated heterocycles. The van der Waals surface area contributed by atoms with Gasteiger partial charge in [-0.05, 0) is 41.5 Å². The highest BCUT2D eigenvalue weighted by Crippen LogP contribution is 2.37. The SMILES string of the molecule is O=C(CN1CCOCC1)N1N=C(c2c(-c3ccccc3)c3cc(Br)ccc3[nH]c2=O)C[C@@H]1c1ccc(Br)cc1. The van der Waals surface area contributed by atoms with Crippen LogP contribution in [-0.4, -0.2) is 59.4 Å². The molecule has 0 radical (unpaired) electrons. The summed E-state index contributed by atoms with van der Waals surface area (Å²) in [6, 6.07) is 23.3. The van der Waals surface area contributed by atoms with Crippen molar-refractivity contribution in [2.75, 3.05) is 32.8 Å². The Bertz CT molecular complexity index is 1610. The molecule has 0 bridgehead atoms. The second-order valence-electron chi connectivity index (χ2n) is 9.71. The Hall–Kier alpha value is -3.11. The number of morpholine rings is 1. The zero-order chi connectivity index (χ0) is 26.9. The average Bonchev–Trinajstić information content (AvgIpc) is 3.39. The molecular weight excluding hydrogens is 624 g/mol. The largest absolute Gasteiger partial charge is 0.379 e. The van der Waals surface area contributed by atoms with Gasteiger partial charge < -0.3 is 9.72 Å². The van der Waals surface area contributed by atoms with E-state index in [1.807, 2.05) is 72.8 Å². The van der Waals surface area contributed by atoms with Gasteiger partial charge in [0.1, 0.15) is 0 Å². The van der Waals surface area contributed by atoms with E-state index in [1.54, 1.807) is 5.01 Å². The quantitative estimate of drug-likeness (QED) is 0.300. The smallest absolute Gasteiger partial charge is 0.258 e. The molecule has 1 atom stereocenters. The Labute approximate surface area is 242 Å². The number of halogens is 2. The molecule has 7 nitrogen and oxygen atoms in total. The number of fused-ring (bicyclic) bond motifs is 1. The van der Waals surface area contributed by atoms with Crippen LogP contribution in [0.5, 0.6) is 0 Å². The summed E-state index contributed by atoms with van der Waals surface area (Å²) in [4.78, 5) is 32.5. The number of ether oxygens (including phenoxy) is 1. The lowest BCUT2D eigenvalue weighted by Crippen LogP contribution is -2.43. The third-order valence-corrected chi connectivity index (χ3v) is 8.23. The lowest BCUT2D eigenvalue weighted by molar-refractivity contribution is -0.135. The van der Waals surface area contributed by atoms with Crippen molar-refractivity contribution in [3.8, 4) is 11.1 Å². The summed E-state index contributed by atoms with van der Waals surface area (Å²) in [5.41, 5.74) is 4.31. The van der Waals surface area contributed by atoms with Crippen LogP contribution in [0.3, 0.4) is 0 Å². The maximum atomic E-state index is 13.7. The molecule has 4 aromatic rings. The first kappa shape index (κ1) is 26.1. The van der Waals surface area contributed by atoms with Gasteiger partial charge in [0.15, 0.2) is 0 Å². The van der Waals surface area contributed by atoms with E-state index in [0.29, 0.717) is 44.0 Å². The Morgan fingerprint density at radius 2 is 1.67 bits per heavy atom. The molecule has 1 aromatic heterocycles. The van der Waals surface area contributed by atoms with E-state index in [1.165, 1.54) is 0 Å². The summed E-state index contributed by atoms with van der Waals surface area (Å²) in [6.45, 7) is 2.88. The molecule has 3 aromatic carbocycles. The van der Waals surface area contributed by atoms with E-state index < -0.39 is 0 Å².